The number of nitrogens with two attached hydrogens (primary N) is 1. The lowest BCUT2D eigenvalue weighted by Gasteiger charge is -2.52. The lowest BCUT2D eigenvalue weighted by atomic mass is 9.69. The number of hydrogen-bond acceptors (Lipinski definition) is 6. The van der Waals surface area contributed by atoms with Crippen LogP contribution in [0.15, 0.2) is 61.3 Å². The third-order valence-electron chi connectivity index (χ3n) is 6.68. The Kier molecular flexibility index (Phi) is 5.97. The van der Waals surface area contributed by atoms with Gasteiger partial charge in [0.15, 0.2) is 5.82 Å². The highest BCUT2D eigenvalue weighted by Crippen LogP contribution is 2.41. The average Bonchev–Trinajstić information content (AvgIpc) is 3.23. The molecule has 0 aliphatic carbocycles. The number of amides is 3. The third kappa shape index (κ3) is 4.60. The van der Waals surface area contributed by atoms with Gasteiger partial charge in [0.05, 0.1) is 5.69 Å². The molecule has 0 bridgehead atoms. The van der Waals surface area contributed by atoms with Gasteiger partial charge in [-0.25, -0.2) is 9.48 Å². The number of fused-ring (bicyclic) bond motifs is 2. The second-order valence-electron chi connectivity index (χ2n) is 10.7. The topological polar surface area (TPSA) is 132 Å². The fourth-order valence-corrected chi connectivity index (χ4v) is 4.87. The van der Waals surface area contributed by atoms with E-state index in [1.165, 1.54) is 6.08 Å². The summed E-state index contributed by atoms with van der Waals surface area (Å²) in [4.78, 5) is 38.6. The molecule has 196 valence electrons. The van der Waals surface area contributed by atoms with E-state index in [0.717, 1.165) is 11.1 Å². The summed E-state index contributed by atoms with van der Waals surface area (Å²) in [6.07, 6.45) is 2.65. The smallest absolute Gasteiger partial charge is 0.410 e. The zero-order valence-electron chi connectivity index (χ0n) is 21.6. The van der Waals surface area contributed by atoms with Gasteiger partial charge in [-0.15, -0.1) is 0 Å². The summed E-state index contributed by atoms with van der Waals surface area (Å²) < 4.78 is 7.16. The molecular weight excluding hydrogens is 484 g/mol. The summed E-state index contributed by atoms with van der Waals surface area (Å²) in [5.41, 5.74) is 9.63. The first kappa shape index (κ1) is 25.1. The monoisotopic (exact) mass is 514 g/mol. The zero-order valence-corrected chi connectivity index (χ0v) is 21.6. The predicted octanol–water partition coefficient (Wildman–Crippen LogP) is 3.48. The summed E-state index contributed by atoms with van der Waals surface area (Å²) in [6, 6.07) is 12.8. The Morgan fingerprint density at radius 1 is 1.18 bits per heavy atom. The Morgan fingerprint density at radius 3 is 2.66 bits per heavy atom. The Balaban J connectivity index is 1.44. The molecule has 1 fully saturated rings. The van der Waals surface area contributed by atoms with Gasteiger partial charge in [0.1, 0.15) is 5.60 Å². The van der Waals surface area contributed by atoms with Crippen LogP contribution in [0.1, 0.15) is 36.7 Å². The number of hydrogen-bond donors (Lipinski definition) is 3. The number of nitrogen functional groups attached to an aromatic ring is 1. The first-order valence-electron chi connectivity index (χ1n) is 12.3. The first-order chi connectivity index (χ1) is 18.0. The fourth-order valence-electron chi connectivity index (χ4n) is 4.87. The van der Waals surface area contributed by atoms with Crippen molar-refractivity contribution in [1.29, 1.82) is 0 Å². The van der Waals surface area contributed by atoms with Gasteiger partial charge in [-0.05, 0) is 68.3 Å². The van der Waals surface area contributed by atoms with Gasteiger partial charge in [-0.1, -0.05) is 18.7 Å². The Bertz CT molecular complexity index is 1460. The number of nitrogens with zero attached hydrogens (tertiary/aromatic N) is 3. The summed E-state index contributed by atoms with van der Waals surface area (Å²) in [6.45, 7) is 10.3. The Labute approximate surface area is 220 Å². The summed E-state index contributed by atoms with van der Waals surface area (Å²) in [5.74, 6) is -0.130. The van der Waals surface area contributed by atoms with E-state index in [-0.39, 0.29) is 17.9 Å². The molecule has 1 aromatic heterocycles. The van der Waals surface area contributed by atoms with E-state index >= 15 is 0 Å². The molecule has 0 radical (unpaired) electrons. The highest BCUT2D eigenvalue weighted by atomic mass is 16.6. The molecule has 3 amide bonds. The van der Waals surface area contributed by atoms with Crippen LogP contribution in [-0.4, -0.2) is 57.8 Å². The van der Waals surface area contributed by atoms with E-state index in [1.807, 2.05) is 45.2 Å². The van der Waals surface area contributed by atoms with E-state index in [2.05, 4.69) is 22.3 Å². The van der Waals surface area contributed by atoms with Crippen molar-refractivity contribution in [3.05, 3.63) is 72.4 Å². The van der Waals surface area contributed by atoms with Crippen molar-refractivity contribution in [3.63, 3.8) is 0 Å². The zero-order chi connectivity index (χ0) is 27.2. The van der Waals surface area contributed by atoms with Gasteiger partial charge in [0.25, 0.3) is 5.91 Å². The second kappa shape index (κ2) is 9.05. The molecular formula is C28H30N6O4. The van der Waals surface area contributed by atoms with Gasteiger partial charge >= 0.3 is 6.09 Å². The molecule has 2 aromatic carbocycles. The molecule has 2 aliphatic rings. The van der Waals surface area contributed by atoms with Crippen molar-refractivity contribution in [2.24, 2.45) is 0 Å². The van der Waals surface area contributed by atoms with Gasteiger partial charge < -0.3 is 26.0 Å². The number of rotatable bonds is 4. The number of ether oxygens (including phenoxy) is 1. The van der Waals surface area contributed by atoms with E-state index in [9.17, 15) is 14.4 Å². The maximum Gasteiger partial charge on any atom is 0.410 e. The fraction of sp³-hybridized carbons (Fsp3) is 0.286. The molecule has 38 heavy (non-hydrogen) atoms. The quantitative estimate of drug-likeness (QED) is 0.457. The van der Waals surface area contributed by atoms with Crippen LogP contribution >= 0.6 is 0 Å². The average molecular weight is 515 g/mol. The number of likely N-dealkylation sites (tertiary alicyclic amines) is 1. The van der Waals surface area contributed by atoms with Crippen LogP contribution in [0.25, 0.3) is 16.8 Å². The van der Waals surface area contributed by atoms with Crippen molar-refractivity contribution in [1.82, 2.24) is 20.0 Å². The molecule has 3 aromatic rings. The van der Waals surface area contributed by atoms with Crippen molar-refractivity contribution in [2.75, 3.05) is 30.7 Å². The Hall–Kier alpha value is -4.60. The van der Waals surface area contributed by atoms with Gasteiger partial charge in [-0.2, -0.15) is 5.10 Å². The molecule has 5 rings (SSSR count). The van der Waals surface area contributed by atoms with Crippen molar-refractivity contribution >= 4 is 29.4 Å². The molecule has 10 heteroatoms. The second-order valence-corrected chi connectivity index (χ2v) is 10.7. The minimum Gasteiger partial charge on any atom is -0.444 e. The number of carbonyl (C=O) groups is 3. The molecule has 4 N–H and O–H groups in total. The summed E-state index contributed by atoms with van der Waals surface area (Å²) in [7, 11) is 0. The molecule has 2 aliphatic heterocycles. The van der Waals surface area contributed by atoms with Crippen molar-refractivity contribution < 1.29 is 19.1 Å². The highest BCUT2D eigenvalue weighted by molar-refractivity contribution is 5.99. The molecule has 10 nitrogen and oxygen atoms in total. The molecule has 3 heterocycles. The SMILES string of the molecule is C=CC(=O)Nc1cccc(-n2cc(-c3ccc4c(c3)C3(CNC4=O)CN(C(=O)OC(C)(C)C)C3)c(N)n2)c1. The lowest BCUT2D eigenvalue weighted by molar-refractivity contribution is -0.111. The van der Waals surface area contributed by atoms with E-state index in [1.54, 1.807) is 33.8 Å². The van der Waals surface area contributed by atoms with Crippen LogP contribution in [-0.2, 0) is 14.9 Å². The molecule has 0 atom stereocenters. The summed E-state index contributed by atoms with van der Waals surface area (Å²) in [5, 5.41) is 10.2. The Morgan fingerprint density at radius 2 is 1.95 bits per heavy atom. The number of anilines is 2. The number of aromatic nitrogens is 2. The molecule has 1 spiro atoms. The van der Waals surface area contributed by atoms with Crippen LogP contribution in [0.3, 0.4) is 0 Å². The normalized spacial score (nSPS) is 15.8. The maximum absolute atomic E-state index is 12.7. The molecule has 0 saturated carbocycles. The van der Waals surface area contributed by atoms with E-state index in [4.69, 9.17) is 10.5 Å². The lowest BCUT2D eigenvalue weighted by Crippen LogP contribution is -2.67. The minimum absolute atomic E-state index is 0.144. The third-order valence-corrected chi connectivity index (χ3v) is 6.68. The number of carbonyl (C=O) groups excluding carboxylic acids is 3. The standard InChI is InChI=1S/C28H30N6O4/c1-5-23(35)31-18-7-6-8-19(12-18)34-13-21(24(29)32-34)17-9-10-20-22(11-17)28(14-30-25(20)36)15-33(16-28)26(37)38-27(2,3)4/h5-13H,1,14-16H2,2-4H3,(H2,29,32)(H,30,36)(H,31,35). The number of benzene rings is 2. The van der Waals surface area contributed by atoms with Crippen molar-refractivity contribution in [3.8, 4) is 16.8 Å². The number of nitrogens with one attached hydrogen (secondary N) is 2. The van der Waals surface area contributed by atoms with Gasteiger partial charge in [-0.3, -0.25) is 9.59 Å². The van der Waals surface area contributed by atoms with Crippen molar-refractivity contribution in [2.45, 2.75) is 31.8 Å². The van der Waals surface area contributed by atoms with E-state index in [0.29, 0.717) is 48.0 Å². The van der Waals surface area contributed by atoms with Crippen LogP contribution < -0.4 is 16.4 Å². The predicted molar refractivity (Wildman–Crippen MR) is 144 cm³/mol. The van der Waals surface area contributed by atoms with Crippen LogP contribution in [0, 0.1) is 0 Å². The molecule has 0 unspecified atom stereocenters. The van der Waals surface area contributed by atoms with Crippen LogP contribution in [0.2, 0.25) is 0 Å². The first-order valence-corrected chi connectivity index (χ1v) is 12.3. The highest BCUT2D eigenvalue weighted by Gasteiger charge is 2.51. The largest absolute Gasteiger partial charge is 0.444 e. The van der Waals surface area contributed by atoms with Crippen LogP contribution in [0.4, 0.5) is 16.3 Å². The minimum atomic E-state index is -0.583. The van der Waals surface area contributed by atoms with Gasteiger partial charge in [0.2, 0.25) is 5.91 Å². The van der Waals surface area contributed by atoms with Crippen LogP contribution in [0.5, 0.6) is 0 Å². The van der Waals surface area contributed by atoms with Gasteiger partial charge in [0, 0.05) is 48.1 Å². The summed E-state index contributed by atoms with van der Waals surface area (Å²) >= 11 is 0. The maximum atomic E-state index is 12.7. The van der Waals surface area contributed by atoms with E-state index < -0.39 is 11.0 Å². The molecule has 1 saturated heterocycles.